The van der Waals surface area contributed by atoms with Gasteiger partial charge in [0, 0.05) is 6.04 Å². The van der Waals surface area contributed by atoms with Crippen molar-refractivity contribution in [3.63, 3.8) is 0 Å². The van der Waals surface area contributed by atoms with Crippen LogP contribution in [0.4, 0.5) is 0 Å². The molecule has 2 nitrogen and oxygen atoms in total. The molecule has 2 aliphatic rings. The van der Waals surface area contributed by atoms with Crippen molar-refractivity contribution in [1.29, 1.82) is 0 Å². The molecule has 2 rings (SSSR count). The smallest absolute Gasteiger partial charge is 0.0626 e. The van der Waals surface area contributed by atoms with Gasteiger partial charge in [-0.25, -0.2) is 0 Å². The zero-order valence-electron chi connectivity index (χ0n) is 10.3. The van der Waals surface area contributed by atoms with Gasteiger partial charge in [-0.2, -0.15) is 0 Å². The Hall–Kier alpha value is -0.0800. The van der Waals surface area contributed by atoms with E-state index in [1.807, 2.05) is 0 Å². The van der Waals surface area contributed by atoms with Crippen LogP contribution in [0.5, 0.6) is 0 Å². The van der Waals surface area contributed by atoms with Crippen LogP contribution in [0, 0.1) is 17.8 Å². The summed E-state index contributed by atoms with van der Waals surface area (Å²) in [5, 5.41) is 3.60. The van der Waals surface area contributed by atoms with Crippen LogP contribution < -0.4 is 5.32 Å². The standard InChI is InChI=1S/C13H25NO/c1-4-14-12(8-15-9(2)3)13-10-6-5-7-11(10)13/h9-14H,4-8H2,1-3H3. The van der Waals surface area contributed by atoms with Crippen LogP contribution >= 0.6 is 0 Å². The number of nitrogens with one attached hydrogen (secondary N) is 1. The summed E-state index contributed by atoms with van der Waals surface area (Å²) < 4.78 is 5.76. The number of rotatable bonds is 6. The van der Waals surface area contributed by atoms with E-state index in [1.54, 1.807) is 0 Å². The number of fused-ring (bicyclic) bond motifs is 1. The Bertz CT molecular complexity index is 195. The molecule has 0 amide bonds. The molecule has 0 aromatic carbocycles. The minimum Gasteiger partial charge on any atom is -0.377 e. The Kier molecular flexibility index (Phi) is 3.68. The Balaban J connectivity index is 1.79. The highest BCUT2D eigenvalue weighted by molar-refractivity contribution is 5.06. The molecule has 0 radical (unpaired) electrons. The highest BCUT2D eigenvalue weighted by Gasteiger charge is 2.55. The van der Waals surface area contributed by atoms with E-state index in [-0.39, 0.29) is 0 Å². The molecular weight excluding hydrogens is 186 g/mol. The molecule has 1 N–H and O–H groups in total. The average molecular weight is 211 g/mol. The van der Waals surface area contributed by atoms with E-state index in [1.165, 1.54) is 19.3 Å². The molecule has 3 unspecified atom stereocenters. The third-order valence-electron chi connectivity index (χ3n) is 4.01. The van der Waals surface area contributed by atoms with E-state index in [0.29, 0.717) is 12.1 Å². The summed E-state index contributed by atoms with van der Waals surface area (Å²) in [5.74, 6) is 2.99. The summed E-state index contributed by atoms with van der Waals surface area (Å²) in [7, 11) is 0. The van der Waals surface area contributed by atoms with Crippen LogP contribution in [0.1, 0.15) is 40.0 Å². The Labute approximate surface area is 93.8 Å². The third-order valence-corrected chi connectivity index (χ3v) is 4.01. The molecule has 0 bridgehead atoms. The molecule has 3 atom stereocenters. The van der Waals surface area contributed by atoms with Crippen molar-refractivity contribution in [2.45, 2.75) is 52.2 Å². The number of hydrogen-bond acceptors (Lipinski definition) is 2. The van der Waals surface area contributed by atoms with Crippen LogP contribution in [-0.4, -0.2) is 25.3 Å². The van der Waals surface area contributed by atoms with E-state index in [2.05, 4.69) is 26.1 Å². The van der Waals surface area contributed by atoms with Gasteiger partial charge >= 0.3 is 0 Å². The molecule has 0 aliphatic heterocycles. The van der Waals surface area contributed by atoms with Crippen LogP contribution in [-0.2, 0) is 4.74 Å². The zero-order valence-corrected chi connectivity index (χ0v) is 10.3. The second-order valence-corrected chi connectivity index (χ2v) is 5.38. The molecule has 2 aliphatic carbocycles. The van der Waals surface area contributed by atoms with Crippen molar-refractivity contribution in [2.75, 3.05) is 13.2 Å². The lowest BCUT2D eigenvalue weighted by Gasteiger charge is -2.21. The van der Waals surface area contributed by atoms with Crippen molar-refractivity contribution < 1.29 is 4.74 Å². The molecule has 2 heteroatoms. The lowest BCUT2D eigenvalue weighted by Crippen LogP contribution is -2.37. The van der Waals surface area contributed by atoms with Crippen molar-refractivity contribution in [1.82, 2.24) is 5.32 Å². The first-order valence-electron chi connectivity index (χ1n) is 6.59. The third kappa shape index (κ3) is 2.54. The van der Waals surface area contributed by atoms with Gasteiger partial charge in [0.15, 0.2) is 0 Å². The fourth-order valence-electron chi connectivity index (χ4n) is 3.34. The van der Waals surface area contributed by atoms with E-state index < -0.39 is 0 Å². The first kappa shape index (κ1) is 11.4. The maximum absolute atomic E-state index is 5.76. The number of ether oxygens (including phenoxy) is 1. The fraction of sp³-hybridized carbons (Fsp3) is 1.00. The molecule has 2 saturated carbocycles. The molecule has 88 valence electrons. The highest BCUT2D eigenvalue weighted by Crippen LogP contribution is 2.58. The molecule has 2 fully saturated rings. The SMILES string of the molecule is CCNC(COC(C)C)C1C2CCCC21. The number of likely N-dealkylation sites (N-methyl/N-ethyl adjacent to an activating group) is 1. The van der Waals surface area contributed by atoms with Gasteiger partial charge in [-0.15, -0.1) is 0 Å². The Morgan fingerprint density at radius 2 is 1.93 bits per heavy atom. The quantitative estimate of drug-likeness (QED) is 0.728. The summed E-state index contributed by atoms with van der Waals surface area (Å²) in [4.78, 5) is 0. The topological polar surface area (TPSA) is 21.3 Å². The highest BCUT2D eigenvalue weighted by atomic mass is 16.5. The fourth-order valence-corrected chi connectivity index (χ4v) is 3.34. The second-order valence-electron chi connectivity index (χ2n) is 5.38. The van der Waals surface area contributed by atoms with Crippen LogP contribution in [0.2, 0.25) is 0 Å². The minimum absolute atomic E-state index is 0.366. The van der Waals surface area contributed by atoms with Crippen molar-refractivity contribution in [2.24, 2.45) is 17.8 Å². The van der Waals surface area contributed by atoms with Crippen molar-refractivity contribution in [3.05, 3.63) is 0 Å². The van der Waals surface area contributed by atoms with Gasteiger partial charge in [0.05, 0.1) is 12.7 Å². The average Bonchev–Trinajstić information content (AvgIpc) is 2.68. The molecular formula is C13H25NO. The molecule has 15 heavy (non-hydrogen) atoms. The first-order chi connectivity index (χ1) is 7.24. The zero-order chi connectivity index (χ0) is 10.8. The van der Waals surface area contributed by atoms with Gasteiger partial charge in [0.25, 0.3) is 0 Å². The lowest BCUT2D eigenvalue weighted by atomic mass is 10.0. The van der Waals surface area contributed by atoms with Gasteiger partial charge in [-0.1, -0.05) is 13.3 Å². The predicted octanol–water partition coefficient (Wildman–Crippen LogP) is 2.44. The summed E-state index contributed by atoms with van der Waals surface area (Å²) in [5.41, 5.74) is 0. The molecule has 0 aromatic rings. The van der Waals surface area contributed by atoms with Crippen LogP contribution in [0.25, 0.3) is 0 Å². The molecule has 0 heterocycles. The Morgan fingerprint density at radius 3 is 2.47 bits per heavy atom. The van der Waals surface area contributed by atoms with Gasteiger partial charge in [-0.3, -0.25) is 0 Å². The second kappa shape index (κ2) is 4.84. The van der Waals surface area contributed by atoms with Crippen molar-refractivity contribution >= 4 is 0 Å². The van der Waals surface area contributed by atoms with Gasteiger partial charge < -0.3 is 10.1 Å². The maximum Gasteiger partial charge on any atom is 0.0626 e. The number of hydrogen-bond donors (Lipinski definition) is 1. The monoisotopic (exact) mass is 211 g/mol. The molecule has 0 saturated heterocycles. The van der Waals surface area contributed by atoms with E-state index in [4.69, 9.17) is 4.74 Å². The van der Waals surface area contributed by atoms with Gasteiger partial charge in [-0.05, 0) is 51.0 Å². The normalized spacial score (nSPS) is 35.6. The minimum atomic E-state index is 0.366. The van der Waals surface area contributed by atoms with Gasteiger partial charge in [0.2, 0.25) is 0 Å². The Morgan fingerprint density at radius 1 is 1.27 bits per heavy atom. The predicted molar refractivity (Wildman–Crippen MR) is 62.9 cm³/mol. The van der Waals surface area contributed by atoms with Crippen molar-refractivity contribution in [3.8, 4) is 0 Å². The first-order valence-corrected chi connectivity index (χ1v) is 6.59. The molecule has 0 spiro atoms. The lowest BCUT2D eigenvalue weighted by molar-refractivity contribution is 0.0544. The van der Waals surface area contributed by atoms with E-state index in [0.717, 1.165) is 30.9 Å². The van der Waals surface area contributed by atoms with Crippen LogP contribution in [0.15, 0.2) is 0 Å². The summed E-state index contributed by atoms with van der Waals surface area (Å²) in [6.07, 6.45) is 4.78. The van der Waals surface area contributed by atoms with E-state index in [9.17, 15) is 0 Å². The largest absolute Gasteiger partial charge is 0.377 e. The molecule has 0 aromatic heterocycles. The van der Waals surface area contributed by atoms with E-state index >= 15 is 0 Å². The summed E-state index contributed by atoms with van der Waals surface area (Å²) in [6, 6.07) is 0.618. The van der Waals surface area contributed by atoms with Crippen LogP contribution in [0.3, 0.4) is 0 Å². The maximum atomic E-state index is 5.76. The van der Waals surface area contributed by atoms with Gasteiger partial charge in [0.1, 0.15) is 0 Å². The summed E-state index contributed by atoms with van der Waals surface area (Å²) in [6.45, 7) is 8.42. The summed E-state index contributed by atoms with van der Waals surface area (Å²) >= 11 is 0.